The Balaban J connectivity index is 2.26. The topological polar surface area (TPSA) is 41.1 Å². The van der Waals surface area contributed by atoms with Gasteiger partial charge in [0.25, 0.3) is 0 Å². The van der Waals surface area contributed by atoms with Gasteiger partial charge in [-0.05, 0) is 43.5 Å². The van der Waals surface area contributed by atoms with Crippen LogP contribution in [-0.4, -0.2) is 19.0 Å². The molecule has 1 fully saturated rings. The molecule has 1 aliphatic rings. The first-order valence-corrected chi connectivity index (χ1v) is 8.26. The highest BCUT2D eigenvalue weighted by molar-refractivity contribution is 6.42. The van der Waals surface area contributed by atoms with E-state index >= 15 is 0 Å². The number of amides is 1. The van der Waals surface area contributed by atoms with Crippen LogP contribution in [0.1, 0.15) is 38.7 Å². The van der Waals surface area contributed by atoms with Gasteiger partial charge in [0.1, 0.15) is 0 Å². The van der Waals surface area contributed by atoms with Gasteiger partial charge < -0.3 is 10.6 Å². The highest BCUT2D eigenvalue weighted by Crippen LogP contribution is 2.33. The van der Waals surface area contributed by atoms with E-state index in [0.717, 1.165) is 37.9 Å². The van der Waals surface area contributed by atoms with Crippen LogP contribution in [-0.2, 0) is 10.3 Å². The molecule has 1 aromatic rings. The summed E-state index contributed by atoms with van der Waals surface area (Å²) in [6.45, 7) is 5.84. The fourth-order valence-electron chi connectivity index (χ4n) is 2.92. The van der Waals surface area contributed by atoms with Crippen molar-refractivity contribution in [2.45, 2.75) is 38.6 Å². The molecule has 3 nitrogen and oxygen atoms in total. The Morgan fingerprint density at radius 2 is 2.05 bits per heavy atom. The van der Waals surface area contributed by atoms with Crippen LogP contribution in [0.4, 0.5) is 0 Å². The van der Waals surface area contributed by atoms with Crippen LogP contribution in [0.25, 0.3) is 0 Å². The van der Waals surface area contributed by atoms with E-state index in [4.69, 9.17) is 23.2 Å². The molecule has 0 radical (unpaired) electrons. The van der Waals surface area contributed by atoms with Crippen LogP contribution in [0.5, 0.6) is 0 Å². The minimum absolute atomic E-state index is 0.0604. The summed E-state index contributed by atoms with van der Waals surface area (Å²) in [6.07, 6.45) is 2.53. The van der Waals surface area contributed by atoms with Gasteiger partial charge in [-0.2, -0.15) is 0 Å². The van der Waals surface area contributed by atoms with Crippen LogP contribution >= 0.6 is 23.2 Å². The second-order valence-corrected chi connectivity index (χ2v) is 6.41. The molecular formula is C16H22Cl2N2O. The number of carbonyl (C=O) groups excluding carboxylic acids is 1. The molecule has 2 rings (SSSR count). The predicted molar refractivity (Wildman–Crippen MR) is 87.8 cm³/mol. The summed E-state index contributed by atoms with van der Waals surface area (Å²) >= 11 is 12.1. The molecule has 1 saturated heterocycles. The van der Waals surface area contributed by atoms with Crippen molar-refractivity contribution < 1.29 is 4.79 Å². The average Bonchev–Trinajstić information content (AvgIpc) is 3.02. The lowest BCUT2D eigenvalue weighted by Crippen LogP contribution is -2.47. The first-order valence-electron chi connectivity index (χ1n) is 7.50. The van der Waals surface area contributed by atoms with E-state index in [0.29, 0.717) is 10.0 Å². The molecule has 1 unspecified atom stereocenters. The van der Waals surface area contributed by atoms with Gasteiger partial charge in [0.2, 0.25) is 5.91 Å². The van der Waals surface area contributed by atoms with Crippen molar-refractivity contribution in [2.75, 3.05) is 13.1 Å². The quantitative estimate of drug-likeness (QED) is 0.864. The molecule has 2 N–H and O–H groups in total. The third-order valence-electron chi connectivity index (χ3n) is 4.47. The summed E-state index contributed by atoms with van der Waals surface area (Å²) in [7, 11) is 0. The van der Waals surface area contributed by atoms with E-state index in [9.17, 15) is 4.79 Å². The van der Waals surface area contributed by atoms with E-state index in [2.05, 4.69) is 24.5 Å². The van der Waals surface area contributed by atoms with Crippen molar-refractivity contribution in [2.24, 2.45) is 5.92 Å². The van der Waals surface area contributed by atoms with Gasteiger partial charge in [-0.15, -0.1) is 0 Å². The molecule has 116 valence electrons. The highest BCUT2D eigenvalue weighted by Gasteiger charge is 2.33. The lowest BCUT2D eigenvalue weighted by molar-refractivity contribution is -0.126. The second-order valence-electron chi connectivity index (χ2n) is 5.60. The lowest BCUT2D eigenvalue weighted by atomic mass is 9.84. The van der Waals surface area contributed by atoms with E-state index in [1.807, 2.05) is 12.1 Å². The van der Waals surface area contributed by atoms with Crippen LogP contribution in [0, 0.1) is 5.92 Å². The van der Waals surface area contributed by atoms with Gasteiger partial charge in [0.15, 0.2) is 0 Å². The Bertz CT molecular complexity index is 509. The molecule has 1 atom stereocenters. The molecule has 1 heterocycles. The van der Waals surface area contributed by atoms with Crippen molar-refractivity contribution in [3.63, 3.8) is 0 Å². The second kappa shape index (κ2) is 6.99. The zero-order valence-electron chi connectivity index (χ0n) is 12.5. The SMILES string of the molecule is CCC(CC)(NC(=O)C1CCNC1)c1ccc(Cl)c(Cl)c1. The summed E-state index contributed by atoms with van der Waals surface area (Å²) in [5.74, 6) is 0.181. The largest absolute Gasteiger partial charge is 0.346 e. The maximum absolute atomic E-state index is 12.5. The zero-order valence-corrected chi connectivity index (χ0v) is 14.0. The van der Waals surface area contributed by atoms with Gasteiger partial charge >= 0.3 is 0 Å². The number of hydrogen-bond acceptors (Lipinski definition) is 2. The number of rotatable bonds is 5. The van der Waals surface area contributed by atoms with Gasteiger partial charge in [-0.25, -0.2) is 0 Å². The number of carbonyl (C=O) groups is 1. The third-order valence-corrected chi connectivity index (χ3v) is 5.21. The molecule has 0 spiro atoms. The fourth-order valence-corrected chi connectivity index (χ4v) is 3.22. The molecule has 1 amide bonds. The summed E-state index contributed by atoms with van der Waals surface area (Å²) in [5.41, 5.74) is 0.634. The minimum Gasteiger partial charge on any atom is -0.346 e. The zero-order chi connectivity index (χ0) is 15.5. The van der Waals surface area contributed by atoms with E-state index in [-0.39, 0.29) is 17.4 Å². The maximum Gasteiger partial charge on any atom is 0.225 e. The molecule has 1 aromatic carbocycles. The average molecular weight is 329 g/mol. The molecular weight excluding hydrogens is 307 g/mol. The summed E-state index contributed by atoms with van der Waals surface area (Å²) in [4.78, 5) is 12.5. The first-order chi connectivity index (χ1) is 10.0. The van der Waals surface area contributed by atoms with Crippen LogP contribution in [0.2, 0.25) is 10.0 Å². The standard InChI is InChI=1S/C16H22Cl2N2O/c1-3-16(4-2,12-5-6-13(17)14(18)9-12)20-15(21)11-7-8-19-10-11/h5-6,9,11,19H,3-4,7-8,10H2,1-2H3,(H,20,21). The number of hydrogen-bond donors (Lipinski definition) is 2. The molecule has 1 aliphatic heterocycles. The third kappa shape index (κ3) is 3.53. The monoisotopic (exact) mass is 328 g/mol. The number of halogens is 2. The lowest BCUT2D eigenvalue weighted by Gasteiger charge is -2.35. The normalized spacial score (nSPS) is 18.8. The predicted octanol–water partition coefficient (Wildman–Crippen LogP) is 3.73. The van der Waals surface area contributed by atoms with Gasteiger partial charge in [0, 0.05) is 6.54 Å². The molecule has 0 bridgehead atoms. The Labute approximate surface area is 136 Å². The molecule has 0 aromatic heterocycles. The van der Waals surface area contributed by atoms with Crippen LogP contribution in [0.3, 0.4) is 0 Å². The Hall–Kier alpha value is -0.770. The summed E-state index contributed by atoms with van der Waals surface area (Å²) < 4.78 is 0. The number of benzene rings is 1. The summed E-state index contributed by atoms with van der Waals surface area (Å²) in [5, 5.41) is 7.55. The first kappa shape index (κ1) is 16.6. The van der Waals surface area contributed by atoms with E-state index in [1.165, 1.54) is 0 Å². The van der Waals surface area contributed by atoms with Gasteiger partial charge in [0.05, 0.1) is 21.5 Å². The Morgan fingerprint density at radius 3 is 2.57 bits per heavy atom. The molecule has 0 saturated carbocycles. The van der Waals surface area contributed by atoms with Crippen molar-refractivity contribution in [3.8, 4) is 0 Å². The Kier molecular flexibility index (Phi) is 5.53. The van der Waals surface area contributed by atoms with E-state index < -0.39 is 0 Å². The fraction of sp³-hybridized carbons (Fsp3) is 0.562. The van der Waals surface area contributed by atoms with Crippen LogP contribution in [0.15, 0.2) is 18.2 Å². The molecule has 5 heteroatoms. The smallest absolute Gasteiger partial charge is 0.225 e. The van der Waals surface area contributed by atoms with Crippen molar-refractivity contribution in [1.82, 2.24) is 10.6 Å². The highest BCUT2D eigenvalue weighted by atomic mass is 35.5. The minimum atomic E-state index is -0.381. The maximum atomic E-state index is 12.5. The summed E-state index contributed by atoms with van der Waals surface area (Å²) in [6, 6.07) is 5.61. The molecule has 21 heavy (non-hydrogen) atoms. The molecule has 0 aliphatic carbocycles. The van der Waals surface area contributed by atoms with Crippen molar-refractivity contribution in [1.29, 1.82) is 0 Å². The van der Waals surface area contributed by atoms with Crippen molar-refractivity contribution in [3.05, 3.63) is 33.8 Å². The Morgan fingerprint density at radius 1 is 1.33 bits per heavy atom. The van der Waals surface area contributed by atoms with Gasteiger partial charge in [-0.3, -0.25) is 4.79 Å². The van der Waals surface area contributed by atoms with Crippen molar-refractivity contribution >= 4 is 29.1 Å². The number of nitrogens with one attached hydrogen (secondary N) is 2. The van der Waals surface area contributed by atoms with E-state index in [1.54, 1.807) is 6.07 Å². The van der Waals surface area contributed by atoms with Gasteiger partial charge in [-0.1, -0.05) is 43.1 Å². The van der Waals surface area contributed by atoms with Crippen LogP contribution < -0.4 is 10.6 Å².